The number of nitrogens with one attached hydrogen (secondary N) is 1. The number of anilines is 1. The summed E-state index contributed by atoms with van der Waals surface area (Å²) in [5.74, 6) is -0.342. The van der Waals surface area contributed by atoms with Crippen LogP contribution in [0.1, 0.15) is 21.6 Å². The summed E-state index contributed by atoms with van der Waals surface area (Å²) in [5.41, 5.74) is 3.37. The molecule has 1 aromatic heterocycles. The average Bonchev–Trinajstić information content (AvgIpc) is 2.74. The number of aryl methyl sites for hydroxylation is 2. The zero-order chi connectivity index (χ0) is 13.8. The predicted molar refractivity (Wildman–Crippen MR) is 73.1 cm³/mol. The third-order valence-electron chi connectivity index (χ3n) is 2.92. The number of aromatic nitrogens is 2. The van der Waals surface area contributed by atoms with Crippen LogP contribution in [-0.2, 0) is 18.3 Å². The fraction of sp³-hybridized carbons (Fsp3) is 0.286. The third-order valence-corrected chi connectivity index (χ3v) is 2.92. The van der Waals surface area contributed by atoms with Crippen LogP contribution < -0.4 is 5.32 Å². The largest absolute Gasteiger partial charge is 0.465 e. The van der Waals surface area contributed by atoms with E-state index in [2.05, 4.69) is 10.4 Å². The van der Waals surface area contributed by atoms with E-state index in [9.17, 15) is 4.79 Å². The van der Waals surface area contributed by atoms with Gasteiger partial charge in [0.15, 0.2) is 0 Å². The van der Waals surface area contributed by atoms with E-state index in [0.717, 1.165) is 16.9 Å². The number of carbonyl (C=O) groups is 1. The van der Waals surface area contributed by atoms with Gasteiger partial charge >= 0.3 is 5.97 Å². The Balaban J connectivity index is 2.16. The second-order valence-corrected chi connectivity index (χ2v) is 4.30. The molecule has 2 rings (SSSR count). The van der Waals surface area contributed by atoms with Crippen LogP contribution in [0.5, 0.6) is 0 Å². The fourth-order valence-corrected chi connectivity index (χ4v) is 1.94. The number of ether oxygens (including phenoxy) is 1. The van der Waals surface area contributed by atoms with Gasteiger partial charge < -0.3 is 10.1 Å². The highest BCUT2D eigenvalue weighted by Gasteiger charge is 2.11. The lowest BCUT2D eigenvalue weighted by Crippen LogP contribution is -2.08. The Hall–Kier alpha value is -2.30. The lowest BCUT2D eigenvalue weighted by Gasteiger charge is -2.10. The molecular weight excluding hydrogens is 242 g/mol. The van der Waals surface area contributed by atoms with Crippen molar-refractivity contribution in [1.82, 2.24) is 9.78 Å². The van der Waals surface area contributed by atoms with Gasteiger partial charge in [-0.1, -0.05) is 12.1 Å². The molecule has 0 atom stereocenters. The Labute approximate surface area is 112 Å². The molecule has 1 aromatic carbocycles. The topological polar surface area (TPSA) is 56.1 Å². The predicted octanol–water partition coefficient (Wildman–Crippen LogP) is 2.13. The fourth-order valence-electron chi connectivity index (χ4n) is 1.94. The first kappa shape index (κ1) is 13.1. The molecule has 0 bridgehead atoms. The van der Waals surface area contributed by atoms with Crippen LogP contribution in [0.25, 0.3) is 0 Å². The first-order valence-corrected chi connectivity index (χ1v) is 6.02. The molecule has 19 heavy (non-hydrogen) atoms. The van der Waals surface area contributed by atoms with Gasteiger partial charge in [0, 0.05) is 31.0 Å². The molecule has 0 aliphatic rings. The monoisotopic (exact) mass is 259 g/mol. The van der Waals surface area contributed by atoms with Crippen molar-refractivity contribution in [3.63, 3.8) is 0 Å². The first-order valence-electron chi connectivity index (χ1n) is 6.02. The minimum absolute atomic E-state index is 0.342. The summed E-state index contributed by atoms with van der Waals surface area (Å²) in [6.07, 6.45) is 1.96. The summed E-state index contributed by atoms with van der Waals surface area (Å²) in [6, 6.07) is 7.29. The van der Waals surface area contributed by atoms with Gasteiger partial charge in [0.05, 0.1) is 18.4 Å². The third kappa shape index (κ3) is 2.93. The van der Waals surface area contributed by atoms with Gasteiger partial charge in [-0.3, -0.25) is 4.68 Å². The van der Waals surface area contributed by atoms with Crippen molar-refractivity contribution in [1.29, 1.82) is 0 Å². The Kier molecular flexibility index (Phi) is 3.85. The zero-order valence-electron chi connectivity index (χ0n) is 11.3. The van der Waals surface area contributed by atoms with Crippen LogP contribution in [0.2, 0.25) is 0 Å². The summed E-state index contributed by atoms with van der Waals surface area (Å²) in [6.45, 7) is 2.58. The highest BCUT2D eigenvalue weighted by atomic mass is 16.5. The van der Waals surface area contributed by atoms with Gasteiger partial charge in [-0.15, -0.1) is 0 Å². The number of carbonyl (C=O) groups excluding carboxylic acids is 1. The molecular formula is C14H17N3O2. The number of methoxy groups -OCH3 is 1. The van der Waals surface area contributed by atoms with Crippen LogP contribution >= 0.6 is 0 Å². The molecule has 0 spiro atoms. The minimum atomic E-state index is -0.342. The molecule has 2 aromatic rings. The standard InChI is InChI=1S/C14H17N3O2/c1-10-11(9-17(2)16-10)8-15-13-7-5-4-6-12(13)14(18)19-3/h4-7,9,15H,8H2,1-3H3. The summed E-state index contributed by atoms with van der Waals surface area (Å²) in [4.78, 5) is 11.6. The van der Waals surface area contributed by atoms with E-state index in [0.29, 0.717) is 12.1 Å². The minimum Gasteiger partial charge on any atom is -0.465 e. The summed E-state index contributed by atoms with van der Waals surface area (Å²) in [7, 11) is 3.27. The molecule has 0 unspecified atom stereocenters. The number of hydrogen-bond donors (Lipinski definition) is 1. The number of benzene rings is 1. The molecule has 0 fully saturated rings. The SMILES string of the molecule is COC(=O)c1ccccc1NCc1cn(C)nc1C. The maximum atomic E-state index is 11.6. The van der Waals surface area contributed by atoms with Crippen molar-refractivity contribution in [2.75, 3.05) is 12.4 Å². The van der Waals surface area contributed by atoms with Crippen molar-refractivity contribution in [3.8, 4) is 0 Å². The van der Waals surface area contributed by atoms with Crippen molar-refractivity contribution in [2.24, 2.45) is 7.05 Å². The van der Waals surface area contributed by atoms with Crippen molar-refractivity contribution in [3.05, 3.63) is 47.3 Å². The van der Waals surface area contributed by atoms with Gasteiger partial charge in [-0.2, -0.15) is 5.10 Å². The Morgan fingerprint density at radius 1 is 1.42 bits per heavy atom. The van der Waals surface area contributed by atoms with E-state index in [1.54, 1.807) is 10.7 Å². The Morgan fingerprint density at radius 2 is 2.16 bits per heavy atom. The van der Waals surface area contributed by atoms with Crippen LogP contribution in [-0.4, -0.2) is 22.9 Å². The normalized spacial score (nSPS) is 10.3. The van der Waals surface area contributed by atoms with Crippen molar-refractivity contribution in [2.45, 2.75) is 13.5 Å². The smallest absolute Gasteiger partial charge is 0.339 e. The maximum Gasteiger partial charge on any atom is 0.339 e. The van der Waals surface area contributed by atoms with E-state index in [-0.39, 0.29) is 5.97 Å². The van der Waals surface area contributed by atoms with E-state index in [1.807, 2.05) is 38.4 Å². The van der Waals surface area contributed by atoms with Gasteiger partial charge in [0.2, 0.25) is 0 Å². The maximum absolute atomic E-state index is 11.6. The van der Waals surface area contributed by atoms with E-state index < -0.39 is 0 Å². The highest BCUT2D eigenvalue weighted by Crippen LogP contribution is 2.17. The molecule has 0 amide bonds. The van der Waals surface area contributed by atoms with Crippen LogP contribution in [0.3, 0.4) is 0 Å². The molecule has 1 N–H and O–H groups in total. The van der Waals surface area contributed by atoms with Crippen molar-refractivity contribution < 1.29 is 9.53 Å². The molecule has 5 heteroatoms. The molecule has 0 radical (unpaired) electrons. The van der Waals surface area contributed by atoms with Crippen LogP contribution in [0.4, 0.5) is 5.69 Å². The lowest BCUT2D eigenvalue weighted by atomic mass is 10.1. The van der Waals surface area contributed by atoms with E-state index in [1.165, 1.54) is 7.11 Å². The average molecular weight is 259 g/mol. The molecule has 0 saturated heterocycles. The first-order chi connectivity index (χ1) is 9.11. The van der Waals surface area contributed by atoms with Crippen LogP contribution in [0, 0.1) is 6.92 Å². The molecule has 5 nitrogen and oxygen atoms in total. The second kappa shape index (κ2) is 5.56. The Bertz CT molecular complexity index is 590. The molecule has 1 heterocycles. The number of esters is 1. The quantitative estimate of drug-likeness (QED) is 0.855. The van der Waals surface area contributed by atoms with E-state index >= 15 is 0 Å². The number of hydrogen-bond acceptors (Lipinski definition) is 4. The molecule has 0 saturated carbocycles. The summed E-state index contributed by atoms with van der Waals surface area (Å²) in [5, 5.41) is 7.53. The molecule has 100 valence electrons. The lowest BCUT2D eigenvalue weighted by molar-refractivity contribution is 0.0602. The van der Waals surface area contributed by atoms with Crippen molar-refractivity contribution >= 4 is 11.7 Å². The highest BCUT2D eigenvalue weighted by molar-refractivity contribution is 5.95. The summed E-state index contributed by atoms with van der Waals surface area (Å²) < 4.78 is 6.54. The van der Waals surface area contributed by atoms with Gasteiger partial charge in [0.25, 0.3) is 0 Å². The van der Waals surface area contributed by atoms with Gasteiger partial charge in [0.1, 0.15) is 0 Å². The van der Waals surface area contributed by atoms with E-state index in [4.69, 9.17) is 4.74 Å². The molecule has 0 aliphatic heterocycles. The zero-order valence-corrected chi connectivity index (χ0v) is 11.3. The number of rotatable bonds is 4. The van der Waals surface area contributed by atoms with Gasteiger partial charge in [-0.25, -0.2) is 4.79 Å². The number of para-hydroxylation sites is 1. The second-order valence-electron chi connectivity index (χ2n) is 4.30. The molecule has 0 aliphatic carbocycles. The van der Waals surface area contributed by atoms with Gasteiger partial charge in [-0.05, 0) is 19.1 Å². The number of nitrogens with zero attached hydrogens (tertiary/aromatic N) is 2. The van der Waals surface area contributed by atoms with Crippen LogP contribution in [0.15, 0.2) is 30.5 Å². The Morgan fingerprint density at radius 3 is 2.79 bits per heavy atom. The summed E-state index contributed by atoms with van der Waals surface area (Å²) >= 11 is 0.